The van der Waals surface area contributed by atoms with E-state index in [1.165, 1.54) is 44.2 Å². The van der Waals surface area contributed by atoms with E-state index in [1.54, 1.807) is 7.11 Å². The second kappa shape index (κ2) is 22.7. The molecule has 3 rings (SSSR count). The van der Waals surface area contributed by atoms with Crippen molar-refractivity contribution in [2.45, 2.75) is 126 Å². The molecule has 42 heavy (non-hydrogen) atoms. The van der Waals surface area contributed by atoms with E-state index >= 15 is 0 Å². The number of nitrogens with zero attached hydrogens (tertiary/aromatic N) is 1. The lowest BCUT2D eigenvalue weighted by Crippen LogP contribution is -2.37. The van der Waals surface area contributed by atoms with Crippen molar-refractivity contribution < 1.29 is 9.53 Å². The summed E-state index contributed by atoms with van der Waals surface area (Å²) >= 11 is 0. The predicted octanol–water partition coefficient (Wildman–Crippen LogP) is 8.74. The van der Waals surface area contributed by atoms with Gasteiger partial charge >= 0.3 is 0 Å². The first-order chi connectivity index (χ1) is 20.2. The second-order valence-electron chi connectivity index (χ2n) is 10.4. The molecular weight excluding hydrogens is 522 g/mol. The first kappa shape index (κ1) is 39.1. The van der Waals surface area contributed by atoms with Crippen molar-refractivity contribution >= 4 is 11.6 Å². The Balaban J connectivity index is 0.00000120. The van der Waals surface area contributed by atoms with Gasteiger partial charge in [-0.3, -0.25) is 9.59 Å². The fraction of sp³-hybridized carbons (Fsp3) is 0.611. The number of unbranched alkanes of at least 4 members (excludes halogenated alkanes) is 2. The van der Waals surface area contributed by atoms with Gasteiger partial charge in [-0.15, -0.1) is 6.58 Å². The van der Waals surface area contributed by atoms with Crippen LogP contribution in [0, 0.1) is 27.7 Å². The van der Waals surface area contributed by atoms with Gasteiger partial charge in [-0.25, -0.2) is 0 Å². The highest BCUT2D eigenvalue weighted by Gasteiger charge is 2.24. The number of rotatable bonds is 11. The van der Waals surface area contributed by atoms with E-state index in [4.69, 9.17) is 4.74 Å². The van der Waals surface area contributed by atoms with E-state index in [2.05, 4.69) is 34.8 Å². The minimum Gasteiger partial charge on any atom is -0.385 e. The van der Waals surface area contributed by atoms with Crippen molar-refractivity contribution in [3.63, 3.8) is 0 Å². The van der Waals surface area contributed by atoms with Crippen LogP contribution in [0.4, 0.5) is 5.69 Å². The lowest BCUT2D eigenvalue weighted by molar-refractivity contribution is 0.0950. The number of H-pyrrole nitrogens is 1. The number of aromatic nitrogens is 1. The molecule has 0 bridgehead atoms. The number of hydrogen-bond acceptors (Lipinski definition) is 4. The van der Waals surface area contributed by atoms with Crippen molar-refractivity contribution in [2.24, 2.45) is 0 Å². The summed E-state index contributed by atoms with van der Waals surface area (Å²) in [7, 11) is 1.73. The maximum absolute atomic E-state index is 13.1. The standard InChI is InChI=1S/C25H35N3O2.C7H14O.2C2H6/c1-6-28(20-10-8-7-9-11-20)23-13-16(2)12-21(19(23)5)24(29)26-15-22-17(3)14-18(4)27-25(22)30;1-3-4-5-6-7-8-2;2*1-2/h12-14,20H,6-11,15H2,1-5H3,(H,26,29)(H,27,30);3H,1,4-7H2,2H3;2*1-2H3. The van der Waals surface area contributed by atoms with Gasteiger partial charge in [0.1, 0.15) is 0 Å². The van der Waals surface area contributed by atoms with Gasteiger partial charge in [0.05, 0.1) is 0 Å². The summed E-state index contributed by atoms with van der Waals surface area (Å²) in [6.07, 6.45) is 11.7. The molecule has 0 spiro atoms. The zero-order valence-corrected chi connectivity index (χ0v) is 28.5. The summed E-state index contributed by atoms with van der Waals surface area (Å²) in [4.78, 5) is 30.7. The molecule has 1 aliphatic carbocycles. The van der Waals surface area contributed by atoms with Gasteiger partial charge in [0, 0.05) is 55.4 Å². The van der Waals surface area contributed by atoms with Crippen molar-refractivity contribution in [2.75, 3.05) is 25.2 Å². The number of hydrogen-bond donors (Lipinski definition) is 2. The summed E-state index contributed by atoms with van der Waals surface area (Å²) in [6, 6.07) is 6.64. The lowest BCUT2D eigenvalue weighted by Gasteiger charge is -2.37. The molecule has 1 aliphatic rings. The molecule has 2 N–H and O–H groups in total. The Morgan fingerprint density at radius 3 is 2.24 bits per heavy atom. The molecule has 0 aliphatic heterocycles. The smallest absolute Gasteiger partial charge is 0.253 e. The Morgan fingerprint density at radius 2 is 1.69 bits per heavy atom. The fourth-order valence-electron chi connectivity index (χ4n) is 5.29. The topological polar surface area (TPSA) is 74.4 Å². The van der Waals surface area contributed by atoms with Crippen LogP contribution in [0.1, 0.15) is 124 Å². The molecule has 6 heteroatoms. The van der Waals surface area contributed by atoms with Crippen molar-refractivity contribution in [1.29, 1.82) is 0 Å². The highest BCUT2D eigenvalue weighted by atomic mass is 16.5. The van der Waals surface area contributed by atoms with E-state index in [-0.39, 0.29) is 18.0 Å². The van der Waals surface area contributed by atoms with Gasteiger partial charge in [0.15, 0.2) is 0 Å². The number of carbonyl (C=O) groups is 1. The number of anilines is 1. The zero-order chi connectivity index (χ0) is 32.1. The van der Waals surface area contributed by atoms with Crippen LogP contribution in [0.3, 0.4) is 0 Å². The van der Waals surface area contributed by atoms with Crippen LogP contribution in [0.5, 0.6) is 0 Å². The number of amides is 1. The van der Waals surface area contributed by atoms with Gasteiger partial charge in [0.25, 0.3) is 11.5 Å². The Morgan fingerprint density at radius 1 is 1.05 bits per heavy atom. The first-order valence-corrected chi connectivity index (χ1v) is 16.2. The highest BCUT2D eigenvalue weighted by Crippen LogP contribution is 2.32. The molecule has 1 saturated carbocycles. The third kappa shape index (κ3) is 13.0. The number of pyridine rings is 1. The Hall–Kier alpha value is -2.86. The largest absolute Gasteiger partial charge is 0.385 e. The number of carbonyl (C=O) groups excluding carboxylic acids is 1. The van der Waals surface area contributed by atoms with Gasteiger partial charge < -0.3 is 19.9 Å². The van der Waals surface area contributed by atoms with Gasteiger partial charge in [0.2, 0.25) is 0 Å². The third-order valence-electron chi connectivity index (χ3n) is 7.36. The van der Waals surface area contributed by atoms with E-state index < -0.39 is 0 Å². The summed E-state index contributed by atoms with van der Waals surface area (Å²) in [5.41, 5.74) is 6.15. The molecule has 238 valence electrons. The van der Waals surface area contributed by atoms with Crippen LogP contribution in [-0.2, 0) is 11.3 Å². The molecule has 0 unspecified atom stereocenters. The third-order valence-corrected chi connectivity index (χ3v) is 7.36. The van der Waals surface area contributed by atoms with E-state index in [0.29, 0.717) is 17.2 Å². The maximum Gasteiger partial charge on any atom is 0.253 e. The highest BCUT2D eigenvalue weighted by molar-refractivity contribution is 5.97. The molecule has 1 aromatic carbocycles. The average Bonchev–Trinajstić information content (AvgIpc) is 2.99. The molecule has 6 nitrogen and oxygen atoms in total. The monoisotopic (exact) mass is 583 g/mol. The van der Waals surface area contributed by atoms with Gasteiger partial charge in [-0.05, 0) is 102 Å². The molecule has 2 aromatic rings. The molecule has 1 heterocycles. The number of ether oxygens (including phenoxy) is 1. The SMILES string of the molecule is C=CCCCCOC.CC.CC.CCN(c1cc(C)cc(C(=O)NCc2c(C)cc(C)[nH]c2=O)c1C)C1CCCCC1. The first-order valence-electron chi connectivity index (χ1n) is 16.2. The van der Waals surface area contributed by atoms with Crippen LogP contribution < -0.4 is 15.8 Å². The van der Waals surface area contributed by atoms with Crippen molar-refractivity contribution in [1.82, 2.24) is 10.3 Å². The predicted molar refractivity (Wildman–Crippen MR) is 182 cm³/mol. The number of allylic oxidation sites excluding steroid dienone is 1. The van der Waals surface area contributed by atoms with Crippen LogP contribution in [-0.4, -0.2) is 37.2 Å². The second-order valence-corrected chi connectivity index (χ2v) is 10.4. The molecule has 1 fully saturated rings. The normalized spacial score (nSPS) is 12.4. The van der Waals surface area contributed by atoms with Crippen molar-refractivity contribution in [3.8, 4) is 0 Å². The molecule has 1 aromatic heterocycles. The molecular formula is C36H61N3O3. The van der Waals surface area contributed by atoms with Crippen LogP contribution in [0.2, 0.25) is 0 Å². The molecule has 1 amide bonds. The molecule has 0 saturated heterocycles. The number of aryl methyl sites for hydroxylation is 3. The summed E-state index contributed by atoms with van der Waals surface area (Å²) in [6.45, 7) is 23.7. The van der Waals surface area contributed by atoms with E-state index in [9.17, 15) is 9.59 Å². The number of benzene rings is 1. The average molecular weight is 584 g/mol. The quantitative estimate of drug-likeness (QED) is 0.205. The molecule has 0 radical (unpaired) electrons. The summed E-state index contributed by atoms with van der Waals surface area (Å²) < 4.78 is 4.85. The lowest BCUT2D eigenvalue weighted by atomic mass is 9.92. The summed E-state index contributed by atoms with van der Waals surface area (Å²) in [5.74, 6) is -0.128. The summed E-state index contributed by atoms with van der Waals surface area (Å²) in [5, 5.41) is 2.97. The van der Waals surface area contributed by atoms with E-state index in [1.807, 2.05) is 73.6 Å². The Bertz CT molecular complexity index is 1100. The van der Waals surface area contributed by atoms with E-state index in [0.717, 1.165) is 48.4 Å². The number of methoxy groups -OCH3 is 1. The van der Waals surface area contributed by atoms with Crippen LogP contribution >= 0.6 is 0 Å². The van der Waals surface area contributed by atoms with Gasteiger partial charge in [-0.1, -0.05) is 53.0 Å². The van der Waals surface area contributed by atoms with Crippen LogP contribution in [0.15, 0.2) is 35.6 Å². The minimum absolute atomic E-state index is 0.128. The maximum atomic E-state index is 13.1. The van der Waals surface area contributed by atoms with Gasteiger partial charge in [-0.2, -0.15) is 0 Å². The number of nitrogens with one attached hydrogen (secondary N) is 2. The van der Waals surface area contributed by atoms with Crippen LogP contribution in [0.25, 0.3) is 0 Å². The Labute approximate surface area is 257 Å². The van der Waals surface area contributed by atoms with Crippen molar-refractivity contribution in [3.05, 3.63) is 74.7 Å². The minimum atomic E-state index is -0.135. The number of aromatic amines is 1. The Kier molecular flexibility index (Phi) is 21.2. The fourth-order valence-corrected chi connectivity index (χ4v) is 5.29. The molecule has 0 atom stereocenters. The zero-order valence-electron chi connectivity index (χ0n) is 28.5.